The number of benzene rings is 1. The molecule has 1 aliphatic rings. The average molecular weight is 401 g/mol. The van der Waals surface area contributed by atoms with Gasteiger partial charge in [-0.2, -0.15) is 0 Å². The molecule has 1 aromatic carbocycles. The second-order valence-electron chi connectivity index (χ2n) is 5.71. The highest BCUT2D eigenvalue weighted by Gasteiger charge is 2.25. The largest absolute Gasteiger partial charge is 0.393 e. The topological polar surface area (TPSA) is 75.3 Å². The predicted molar refractivity (Wildman–Crippen MR) is 101 cm³/mol. The average Bonchev–Trinajstić information content (AvgIpc) is 2.60. The molecule has 0 spiro atoms. The van der Waals surface area contributed by atoms with Crippen molar-refractivity contribution >= 4 is 52.2 Å². The van der Waals surface area contributed by atoms with E-state index in [-0.39, 0.29) is 11.1 Å². The van der Waals surface area contributed by atoms with Gasteiger partial charge in [0.15, 0.2) is 11.0 Å². The second kappa shape index (κ2) is 7.23. The molecular formula is C16H16Cl3N5O. The van der Waals surface area contributed by atoms with E-state index < -0.39 is 0 Å². The van der Waals surface area contributed by atoms with E-state index in [0.717, 1.165) is 0 Å². The first-order valence-electron chi connectivity index (χ1n) is 7.65. The summed E-state index contributed by atoms with van der Waals surface area (Å²) in [6.07, 6.45) is 0. The lowest BCUT2D eigenvalue weighted by molar-refractivity contribution is 0.0746. The summed E-state index contributed by atoms with van der Waals surface area (Å²) in [7, 11) is 0. The Bertz CT molecular complexity index is 822. The van der Waals surface area contributed by atoms with Gasteiger partial charge in [0.25, 0.3) is 5.91 Å². The molecule has 25 heavy (non-hydrogen) atoms. The number of aromatic nitrogens is 2. The van der Waals surface area contributed by atoms with Crippen LogP contribution in [0.2, 0.25) is 15.2 Å². The maximum Gasteiger partial charge on any atom is 0.254 e. The van der Waals surface area contributed by atoms with Gasteiger partial charge in [-0.15, -0.1) is 0 Å². The number of aryl methyl sites for hydroxylation is 1. The van der Waals surface area contributed by atoms with Crippen molar-refractivity contribution in [3.8, 4) is 0 Å². The first-order valence-corrected chi connectivity index (χ1v) is 8.79. The van der Waals surface area contributed by atoms with E-state index >= 15 is 0 Å². The summed E-state index contributed by atoms with van der Waals surface area (Å²) < 4.78 is 0. The van der Waals surface area contributed by atoms with E-state index in [1.807, 2.05) is 4.90 Å². The molecule has 0 atom stereocenters. The molecule has 2 heterocycles. The highest BCUT2D eigenvalue weighted by molar-refractivity contribution is 6.42. The van der Waals surface area contributed by atoms with Crippen molar-refractivity contribution in [2.24, 2.45) is 0 Å². The van der Waals surface area contributed by atoms with Crippen LogP contribution in [-0.2, 0) is 0 Å². The number of nitrogens with zero attached hydrogens (tertiary/aromatic N) is 4. The number of halogens is 3. The summed E-state index contributed by atoms with van der Waals surface area (Å²) >= 11 is 17.9. The maximum absolute atomic E-state index is 12.6. The fraction of sp³-hybridized carbons (Fsp3) is 0.312. The smallest absolute Gasteiger partial charge is 0.254 e. The molecule has 0 bridgehead atoms. The lowest BCUT2D eigenvalue weighted by Gasteiger charge is -2.36. The van der Waals surface area contributed by atoms with Crippen molar-refractivity contribution in [2.75, 3.05) is 36.8 Å². The molecule has 0 saturated carbocycles. The van der Waals surface area contributed by atoms with Gasteiger partial charge in [-0.05, 0) is 25.1 Å². The van der Waals surface area contributed by atoms with Gasteiger partial charge in [-0.25, -0.2) is 9.97 Å². The zero-order valence-corrected chi connectivity index (χ0v) is 15.7. The van der Waals surface area contributed by atoms with Gasteiger partial charge in [0.05, 0.1) is 10.0 Å². The number of amides is 1. The normalized spacial score (nSPS) is 14.7. The number of nitrogens with two attached hydrogens (primary N) is 1. The molecular weight excluding hydrogens is 385 g/mol. The van der Waals surface area contributed by atoms with Gasteiger partial charge in [-0.3, -0.25) is 4.79 Å². The lowest BCUT2D eigenvalue weighted by atomic mass is 10.2. The summed E-state index contributed by atoms with van der Waals surface area (Å²) in [6.45, 7) is 4.05. The van der Waals surface area contributed by atoms with Crippen molar-refractivity contribution in [3.63, 3.8) is 0 Å². The minimum absolute atomic E-state index is 0.0805. The third-order valence-electron chi connectivity index (χ3n) is 4.02. The number of carbonyl (C=O) groups excluding carboxylic acids is 1. The Hall–Kier alpha value is -1.76. The van der Waals surface area contributed by atoms with Crippen LogP contribution in [-0.4, -0.2) is 47.0 Å². The zero-order chi connectivity index (χ0) is 18.1. The van der Waals surface area contributed by atoms with Crippen molar-refractivity contribution in [1.29, 1.82) is 0 Å². The standard InChI is InChI=1S/C16H16Cl3N5O/c1-9-21-14(19)13(20)15(22-9)23-4-6-24(7-5-23)16(25)10-2-3-11(17)12(18)8-10/h2-3,8H,4-7,20H2,1H3. The van der Waals surface area contributed by atoms with Crippen molar-refractivity contribution in [3.05, 3.63) is 44.8 Å². The summed E-state index contributed by atoms with van der Waals surface area (Å²) in [5.74, 6) is 1.09. The summed E-state index contributed by atoms with van der Waals surface area (Å²) in [4.78, 5) is 24.8. The number of anilines is 2. The molecule has 1 aliphatic heterocycles. The summed E-state index contributed by atoms with van der Waals surface area (Å²) in [5.41, 5.74) is 6.87. The summed E-state index contributed by atoms with van der Waals surface area (Å²) in [6, 6.07) is 4.89. The minimum Gasteiger partial charge on any atom is -0.393 e. The molecule has 0 unspecified atom stereocenters. The fourth-order valence-corrected chi connectivity index (χ4v) is 3.21. The highest BCUT2D eigenvalue weighted by Crippen LogP contribution is 2.28. The highest BCUT2D eigenvalue weighted by atomic mass is 35.5. The third-order valence-corrected chi connectivity index (χ3v) is 5.05. The Morgan fingerprint density at radius 3 is 2.40 bits per heavy atom. The number of nitrogen functional groups attached to an aromatic ring is 1. The Balaban J connectivity index is 1.71. The van der Waals surface area contributed by atoms with Crippen LogP contribution >= 0.6 is 34.8 Å². The van der Waals surface area contributed by atoms with E-state index in [4.69, 9.17) is 40.5 Å². The molecule has 2 N–H and O–H groups in total. The maximum atomic E-state index is 12.6. The van der Waals surface area contributed by atoms with Crippen LogP contribution < -0.4 is 10.6 Å². The van der Waals surface area contributed by atoms with Crippen LogP contribution in [0.15, 0.2) is 18.2 Å². The Kier molecular flexibility index (Phi) is 5.22. The first kappa shape index (κ1) is 18.0. The molecule has 0 radical (unpaired) electrons. The molecule has 9 heteroatoms. The molecule has 1 saturated heterocycles. The van der Waals surface area contributed by atoms with Gasteiger partial charge < -0.3 is 15.5 Å². The molecule has 0 aliphatic carbocycles. The predicted octanol–water partition coefficient (Wildman–Crippen LogP) is 3.29. The number of carbonyl (C=O) groups is 1. The number of rotatable bonds is 2. The fourth-order valence-electron chi connectivity index (χ4n) is 2.71. The van der Waals surface area contributed by atoms with Crippen LogP contribution in [0.5, 0.6) is 0 Å². The molecule has 6 nitrogen and oxygen atoms in total. The quantitative estimate of drug-likeness (QED) is 0.783. The second-order valence-corrected chi connectivity index (χ2v) is 6.88. The molecule has 1 fully saturated rings. The number of piperazine rings is 1. The van der Waals surface area contributed by atoms with Crippen LogP contribution in [0.4, 0.5) is 11.5 Å². The van der Waals surface area contributed by atoms with Gasteiger partial charge in [0.1, 0.15) is 11.5 Å². The minimum atomic E-state index is -0.0805. The van der Waals surface area contributed by atoms with E-state index in [0.29, 0.717) is 59.1 Å². The number of hydrogen-bond acceptors (Lipinski definition) is 5. The third kappa shape index (κ3) is 3.76. The van der Waals surface area contributed by atoms with E-state index in [1.165, 1.54) is 0 Å². The monoisotopic (exact) mass is 399 g/mol. The summed E-state index contributed by atoms with van der Waals surface area (Å²) in [5, 5.41) is 1.04. The van der Waals surface area contributed by atoms with Crippen LogP contribution in [0.25, 0.3) is 0 Å². The molecule has 3 rings (SSSR count). The van der Waals surface area contributed by atoms with Gasteiger partial charge in [-0.1, -0.05) is 34.8 Å². The van der Waals surface area contributed by atoms with E-state index in [1.54, 1.807) is 30.0 Å². The molecule has 1 amide bonds. The van der Waals surface area contributed by atoms with Crippen LogP contribution in [0.1, 0.15) is 16.2 Å². The van der Waals surface area contributed by atoms with E-state index in [2.05, 4.69) is 9.97 Å². The Labute approximate surface area is 160 Å². The molecule has 1 aromatic heterocycles. The van der Waals surface area contributed by atoms with Gasteiger partial charge in [0.2, 0.25) is 0 Å². The first-order chi connectivity index (χ1) is 11.9. The number of hydrogen-bond donors (Lipinski definition) is 1. The van der Waals surface area contributed by atoms with Crippen LogP contribution in [0, 0.1) is 6.92 Å². The zero-order valence-electron chi connectivity index (χ0n) is 13.5. The molecule has 2 aromatic rings. The van der Waals surface area contributed by atoms with Crippen LogP contribution in [0.3, 0.4) is 0 Å². The Morgan fingerprint density at radius 1 is 1.08 bits per heavy atom. The Morgan fingerprint density at radius 2 is 1.76 bits per heavy atom. The van der Waals surface area contributed by atoms with E-state index in [9.17, 15) is 4.79 Å². The van der Waals surface area contributed by atoms with Gasteiger partial charge in [0, 0.05) is 31.7 Å². The molecule has 132 valence electrons. The van der Waals surface area contributed by atoms with Gasteiger partial charge >= 0.3 is 0 Å². The van der Waals surface area contributed by atoms with Crippen molar-refractivity contribution in [2.45, 2.75) is 6.92 Å². The van der Waals surface area contributed by atoms with Crippen molar-refractivity contribution in [1.82, 2.24) is 14.9 Å². The SMILES string of the molecule is Cc1nc(Cl)c(N)c(N2CCN(C(=O)c3ccc(Cl)c(Cl)c3)CC2)n1. The van der Waals surface area contributed by atoms with Crippen molar-refractivity contribution < 1.29 is 4.79 Å². The lowest BCUT2D eigenvalue weighted by Crippen LogP contribution is -2.49.